The molecule has 0 aromatic carbocycles. The molecule has 1 rings (SSSR count). The van der Waals surface area contributed by atoms with Gasteiger partial charge in [0.1, 0.15) is 0 Å². The smallest absolute Gasteiger partial charge is 0.00523 e. The van der Waals surface area contributed by atoms with Crippen molar-refractivity contribution in [2.24, 2.45) is 5.41 Å². The van der Waals surface area contributed by atoms with Crippen molar-refractivity contribution in [1.29, 1.82) is 0 Å². The van der Waals surface area contributed by atoms with Gasteiger partial charge in [0.25, 0.3) is 0 Å². The Morgan fingerprint density at radius 1 is 1.40 bits per heavy atom. The summed E-state index contributed by atoms with van der Waals surface area (Å²) < 4.78 is 0. The second kappa shape index (κ2) is 3.17. The molecule has 1 saturated heterocycles. The van der Waals surface area contributed by atoms with Gasteiger partial charge in [-0.2, -0.15) is 11.8 Å². The van der Waals surface area contributed by atoms with Gasteiger partial charge in [-0.15, -0.1) is 0 Å². The molecule has 0 spiro atoms. The maximum absolute atomic E-state index is 2.34. The molecule has 1 aliphatic heterocycles. The van der Waals surface area contributed by atoms with Gasteiger partial charge in [0, 0.05) is 5.25 Å². The Kier molecular flexibility index (Phi) is 2.67. The van der Waals surface area contributed by atoms with Crippen LogP contribution < -0.4 is 0 Å². The predicted molar refractivity (Wildman–Crippen MR) is 49.6 cm³/mol. The molecule has 1 atom stereocenters. The van der Waals surface area contributed by atoms with E-state index in [1.807, 2.05) is 0 Å². The number of thioether (sulfide) groups is 1. The van der Waals surface area contributed by atoms with E-state index < -0.39 is 0 Å². The van der Waals surface area contributed by atoms with Crippen molar-refractivity contribution in [3.05, 3.63) is 0 Å². The van der Waals surface area contributed by atoms with Crippen molar-refractivity contribution < 1.29 is 0 Å². The summed E-state index contributed by atoms with van der Waals surface area (Å²) in [7, 11) is 0. The van der Waals surface area contributed by atoms with Gasteiger partial charge in [0.15, 0.2) is 0 Å². The molecule has 1 heterocycles. The summed E-state index contributed by atoms with van der Waals surface area (Å²) in [6, 6.07) is 0. The van der Waals surface area contributed by atoms with Crippen LogP contribution in [0.2, 0.25) is 0 Å². The van der Waals surface area contributed by atoms with Crippen LogP contribution in [0.1, 0.15) is 40.0 Å². The summed E-state index contributed by atoms with van der Waals surface area (Å²) in [6.45, 7) is 7.02. The van der Waals surface area contributed by atoms with Gasteiger partial charge < -0.3 is 0 Å². The first-order chi connectivity index (χ1) is 4.58. The maximum atomic E-state index is 2.34. The molecule has 1 heteroatoms. The van der Waals surface area contributed by atoms with E-state index >= 15 is 0 Å². The SMILES string of the molecule is CC(C)(C)C[C@H]1CCCS1. The zero-order chi connectivity index (χ0) is 7.61. The molecule has 0 aromatic heterocycles. The molecule has 0 saturated carbocycles. The van der Waals surface area contributed by atoms with Crippen molar-refractivity contribution >= 4 is 11.8 Å². The van der Waals surface area contributed by atoms with Crippen LogP contribution >= 0.6 is 11.8 Å². The minimum Gasteiger partial charge on any atom is -0.159 e. The number of hydrogen-bond donors (Lipinski definition) is 0. The molecule has 0 unspecified atom stereocenters. The van der Waals surface area contributed by atoms with Crippen LogP contribution in [0.15, 0.2) is 0 Å². The quantitative estimate of drug-likeness (QED) is 0.564. The average Bonchev–Trinajstić information content (AvgIpc) is 2.12. The normalized spacial score (nSPS) is 27.3. The van der Waals surface area contributed by atoms with Crippen LogP contribution in [0, 0.1) is 5.41 Å². The molecule has 0 N–H and O–H groups in total. The van der Waals surface area contributed by atoms with E-state index in [1.165, 1.54) is 25.0 Å². The topological polar surface area (TPSA) is 0 Å². The van der Waals surface area contributed by atoms with Crippen LogP contribution in [0.3, 0.4) is 0 Å². The van der Waals surface area contributed by atoms with Gasteiger partial charge in [0.2, 0.25) is 0 Å². The summed E-state index contributed by atoms with van der Waals surface area (Å²) in [6.07, 6.45) is 4.31. The second-order valence-corrected chi connectivity index (χ2v) is 5.81. The Hall–Kier alpha value is 0.350. The van der Waals surface area contributed by atoms with E-state index in [0.29, 0.717) is 5.41 Å². The van der Waals surface area contributed by atoms with E-state index in [0.717, 1.165) is 5.25 Å². The molecule has 10 heavy (non-hydrogen) atoms. The monoisotopic (exact) mass is 158 g/mol. The lowest BCUT2D eigenvalue weighted by atomic mass is 9.89. The Bertz CT molecular complexity index is 95.8. The lowest BCUT2D eigenvalue weighted by Gasteiger charge is -2.21. The summed E-state index contributed by atoms with van der Waals surface area (Å²) in [5, 5.41) is 0.972. The summed E-state index contributed by atoms with van der Waals surface area (Å²) in [4.78, 5) is 0. The first-order valence-corrected chi connectivity index (χ1v) is 5.24. The molecular weight excluding hydrogens is 140 g/mol. The predicted octanol–water partition coefficient (Wildman–Crippen LogP) is 3.32. The van der Waals surface area contributed by atoms with Crippen LogP contribution in [0.5, 0.6) is 0 Å². The molecule has 0 bridgehead atoms. The highest BCUT2D eigenvalue weighted by Gasteiger charge is 2.21. The third-order valence-electron chi connectivity index (χ3n) is 1.86. The van der Waals surface area contributed by atoms with Crippen molar-refractivity contribution in [2.45, 2.75) is 45.3 Å². The van der Waals surface area contributed by atoms with Crippen LogP contribution in [-0.2, 0) is 0 Å². The fourth-order valence-corrected chi connectivity index (χ4v) is 3.11. The van der Waals surface area contributed by atoms with Crippen LogP contribution in [-0.4, -0.2) is 11.0 Å². The molecule has 0 amide bonds. The number of rotatable bonds is 1. The van der Waals surface area contributed by atoms with Crippen LogP contribution in [0.25, 0.3) is 0 Å². The minimum absolute atomic E-state index is 0.544. The molecule has 0 nitrogen and oxygen atoms in total. The van der Waals surface area contributed by atoms with Gasteiger partial charge >= 0.3 is 0 Å². The van der Waals surface area contributed by atoms with E-state index in [2.05, 4.69) is 32.5 Å². The highest BCUT2D eigenvalue weighted by Crippen LogP contribution is 2.35. The van der Waals surface area contributed by atoms with Crippen LogP contribution in [0.4, 0.5) is 0 Å². The first-order valence-electron chi connectivity index (χ1n) is 4.19. The van der Waals surface area contributed by atoms with E-state index in [4.69, 9.17) is 0 Å². The zero-order valence-electron chi connectivity index (χ0n) is 7.31. The Labute approximate surface area is 68.8 Å². The summed E-state index contributed by atoms with van der Waals surface area (Å²) >= 11 is 2.17. The Morgan fingerprint density at radius 3 is 2.50 bits per heavy atom. The third-order valence-corrected chi connectivity index (χ3v) is 3.26. The van der Waals surface area contributed by atoms with Gasteiger partial charge in [-0.25, -0.2) is 0 Å². The van der Waals surface area contributed by atoms with Crippen molar-refractivity contribution in [2.75, 3.05) is 5.75 Å². The van der Waals surface area contributed by atoms with Gasteiger partial charge in [-0.1, -0.05) is 20.8 Å². The van der Waals surface area contributed by atoms with E-state index in [1.54, 1.807) is 0 Å². The molecule has 0 aromatic rings. The zero-order valence-corrected chi connectivity index (χ0v) is 8.13. The third kappa shape index (κ3) is 2.96. The molecule has 0 aliphatic carbocycles. The molecule has 0 radical (unpaired) electrons. The second-order valence-electron chi connectivity index (χ2n) is 4.40. The molecule has 1 fully saturated rings. The summed E-state index contributed by atoms with van der Waals surface area (Å²) in [5.74, 6) is 1.40. The minimum atomic E-state index is 0.544. The fourth-order valence-electron chi connectivity index (χ4n) is 1.49. The fraction of sp³-hybridized carbons (Fsp3) is 1.00. The standard InChI is InChI=1S/C9H18S/c1-9(2,3)7-8-5-4-6-10-8/h8H,4-7H2,1-3H3/t8-/m1/s1. The molecule has 60 valence electrons. The van der Waals surface area contributed by atoms with Crippen molar-refractivity contribution in [3.63, 3.8) is 0 Å². The Balaban J connectivity index is 2.24. The van der Waals surface area contributed by atoms with E-state index in [-0.39, 0.29) is 0 Å². The maximum Gasteiger partial charge on any atom is 0.00523 e. The highest BCUT2D eigenvalue weighted by molar-refractivity contribution is 8.00. The largest absolute Gasteiger partial charge is 0.159 e. The molecule has 1 aliphatic rings. The van der Waals surface area contributed by atoms with Gasteiger partial charge in [-0.05, 0) is 30.4 Å². The van der Waals surface area contributed by atoms with Crippen molar-refractivity contribution in [3.8, 4) is 0 Å². The van der Waals surface area contributed by atoms with E-state index in [9.17, 15) is 0 Å². The molecular formula is C9H18S. The number of hydrogen-bond acceptors (Lipinski definition) is 1. The average molecular weight is 158 g/mol. The van der Waals surface area contributed by atoms with Crippen molar-refractivity contribution in [1.82, 2.24) is 0 Å². The summed E-state index contributed by atoms with van der Waals surface area (Å²) in [5.41, 5.74) is 0.544. The van der Waals surface area contributed by atoms with Gasteiger partial charge in [0.05, 0.1) is 0 Å². The highest BCUT2D eigenvalue weighted by atomic mass is 32.2. The first kappa shape index (κ1) is 8.45. The lowest BCUT2D eigenvalue weighted by molar-refractivity contribution is 0.369. The lowest BCUT2D eigenvalue weighted by Crippen LogP contribution is -2.12. The Morgan fingerprint density at radius 2 is 2.10 bits per heavy atom. The van der Waals surface area contributed by atoms with Gasteiger partial charge in [-0.3, -0.25) is 0 Å².